The van der Waals surface area contributed by atoms with Crippen molar-refractivity contribution in [2.75, 3.05) is 6.54 Å². The first-order chi connectivity index (χ1) is 5.57. The molecule has 0 unspecified atom stereocenters. The first-order valence-electron chi connectivity index (χ1n) is 3.82. The van der Waals surface area contributed by atoms with Gasteiger partial charge in [-0.1, -0.05) is 13.5 Å². The molecule has 0 aliphatic rings. The standard InChI is InChI=1S/C8H14N2O2/c1-3-4-10-8(12)6(2)5-7(9)11/h2-5H2,1H3,(H2,9,11)(H,10,12). The highest BCUT2D eigenvalue weighted by Gasteiger charge is 2.07. The fourth-order valence-electron chi connectivity index (χ4n) is 0.654. The number of hydrogen-bond donors (Lipinski definition) is 2. The van der Waals surface area contributed by atoms with Gasteiger partial charge in [-0.05, 0) is 6.42 Å². The number of hydrogen-bond acceptors (Lipinski definition) is 2. The summed E-state index contributed by atoms with van der Waals surface area (Å²) < 4.78 is 0. The molecule has 4 nitrogen and oxygen atoms in total. The van der Waals surface area contributed by atoms with E-state index in [1.54, 1.807) is 0 Å². The van der Waals surface area contributed by atoms with Gasteiger partial charge in [-0.25, -0.2) is 0 Å². The van der Waals surface area contributed by atoms with Crippen LogP contribution < -0.4 is 11.1 Å². The average Bonchev–Trinajstić information content (AvgIpc) is 1.98. The third-order valence-corrected chi connectivity index (χ3v) is 1.24. The molecule has 0 rings (SSSR count). The quantitative estimate of drug-likeness (QED) is 0.567. The minimum Gasteiger partial charge on any atom is -0.369 e. The Labute approximate surface area is 71.8 Å². The van der Waals surface area contributed by atoms with Crippen LogP contribution in [0.3, 0.4) is 0 Å². The molecule has 0 spiro atoms. The normalized spacial score (nSPS) is 9.08. The Bertz CT molecular complexity index is 199. The zero-order chi connectivity index (χ0) is 9.56. The number of rotatable bonds is 5. The van der Waals surface area contributed by atoms with Crippen molar-refractivity contribution in [1.82, 2.24) is 5.32 Å². The highest BCUT2D eigenvalue weighted by Crippen LogP contribution is 1.95. The Kier molecular flexibility index (Phi) is 4.76. The first kappa shape index (κ1) is 10.7. The second-order valence-electron chi connectivity index (χ2n) is 2.50. The predicted molar refractivity (Wildman–Crippen MR) is 46.3 cm³/mol. The maximum absolute atomic E-state index is 11.0. The van der Waals surface area contributed by atoms with Crippen LogP contribution in [0, 0.1) is 0 Å². The van der Waals surface area contributed by atoms with Crippen LogP contribution in [-0.2, 0) is 9.59 Å². The molecule has 0 bridgehead atoms. The van der Waals surface area contributed by atoms with Gasteiger partial charge in [0.1, 0.15) is 0 Å². The van der Waals surface area contributed by atoms with E-state index in [-0.39, 0.29) is 17.9 Å². The van der Waals surface area contributed by atoms with E-state index in [9.17, 15) is 9.59 Å². The van der Waals surface area contributed by atoms with Gasteiger partial charge < -0.3 is 11.1 Å². The van der Waals surface area contributed by atoms with Crippen LogP contribution in [0.25, 0.3) is 0 Å². The van der Waals surface area contributed by atoms with Gasteiger partial charge in [-0.15, -0.1) is 0 Å². The maximum atomic E-state index is 11.0. The van der Waals surface area contributed by atoms with Crippen molar-refractivity contribution < 1.29 is 9.59 Å². The van der Waals surface area contributed by atoms with Crippen LogP contribution >= 0.6 is 0 Å². The average molecular weight is 170 g/mol. The molecule has 0 aromatic carbocycles. The van der Waals surface area contributed by atoms with Crippen molar-refractivity contribution >= 4 is 11.8 Å². The van der Waals surface area contributed by atoms with Gasteiger partial charge in [0.25, 0.3) is 0 Å². The summed E-state index contributed by atoms with van der Waals surface area (Å²) in [5, 5.41) is 2.59. The van der Waals surface area contributed by atoms with Crippen molar-refractivity contribution in [3.63, 3.8) is 0 Å². The lowest BCUT2D eigenvalue weighted by molar-refractivity contribution is -0.121. The Hall–Kier alpha value is -1.32. The summed E-state index contributed by atoms with van der Waals surface area (Å²) >= 11 is 0. The third kappa shape index (κ3) is 4.49. The molecule has 0 atom stereocenters. The third-order valence-electron chi connectivity index (χ3n) is 1.24. The van der Waals surface area contributed by atoms with E-state index >= 15 is 0 Å². The van der Waals surface area contributed by atoms with Gasteiger partial charge in [0.15, 0.2) is 0 Å². The van der Waals surface area contributed by atoms with E-state index < -0.39 is 5.91 Å². The van der Waals surface area contributed by atoms with Gasteiger partial charge in [-0.2, -0.15) is 0 Å². The molecule has 0 aromatic heterocycles. The van der Waals surface area contributed by atoms with Crippen LogP contribution in [0.2, 0.25) is 0 Å². The highest BCUT2D eigenvalue weighted by molar-refractivity contribution is 5.97. The second-order valence-corrected chi connectivity index (χ2v) is 2.50. The number of amides is 2. The number of nitrogens with one attached hydrogen (secondary N) is 1. The number of carbonyl (C=O) groups excluding carboxylic acids is 2. The Morgan fingerprint density at radius 1 is 1.50 bits per heavy atom. The van der Waals surface area contributed by atoms with Gasteiger partial charge in [0, 0.05) is 12.1 Å². The van der Waals surface area contributed by atoms with Crippen molar-refractivity contribution in [2.45, 2.75) is 19.8 Å². The molecule has 2 amide bonds. The fourth-order valence-corrected chi connectivity index (χ4v) is 0.654. The summed E-state index contributed by atoms with van der Waals surface area (Å²) in [7, 11) is 0. The monoisotopic (exact) mass is 170 g/mol. The SMILES string of the molecule is C=C(CC(N)=O)C(=O)NCCC. The van der Waals surface area contributed by atoms with Crippen LogP contribution in [0.1, 0.15) is 19.8 Å². The molecular weight excluding hydrogens is 156 g/mol. The molecule has 3 N–H and O–H groups in total. The summed E-state index contributed by atoms with van der Waals surface area (Å²) in [4.78, 5) is 21.4. The van der Waals surface area contributed by atoms with Gasteiger partial charge in [0.2, 0.25) is 11.8 Å². The van der Waals surface area contributed by atoms with Crippen molar-refractivity contribution in [3.05, 3.63) is 12.2 Å². The molecule has 0 fully saturated rings. The van der Waals surface area contributed by atoms with Crippen LogP contribution in [-0.4, -0.2) is 18.4 Å². The largest absolute Gasteiger partial charge is 0.369 e. The zero-order valence-electron chi connectivity index (χ0n) is 7.22. The van der Waals surface area contributed by atoms with E-state index in [1.807, 2.05) is 6.92 Å². The van der Waals surface area contributed by atoms with E-state index in [0.717, 1.165) is 6.42 Å². The molecule has 68 valence electrons. The Morgan fingerprint density at radius 3 is 2.50 bits per heavy atom. The summed E-state index contributed by atoms with van der Waals surface area (Å²) in [5.41, 5.74) is 5.10. The summed E-state index contributed by atoms with van der Waals surface area (Å²) in [6.07, 6.45) is 0.783. The van der Waals surface area contributed by atoms with Gasteiger partial charge in [-0.3, -0.25) is 9.59 Å². The zero-order valence-corrected chi connectivity index (χ0v) is 7.22. The van der Waals surface area contributed by atoms with Crippen LogP contribution in [0.15, 0.2) is 12.2 Å². The van der Waals surface area contributed by atoms with Crippen molar-refractivity contribution in [1.29, 1.82) is 0 Å². The van der Waals surface area contributed by atoms with E-state index in [4.69, 9.17) is 5.73 Å². The molecular formula is C8H14N2O2. The first-order valence-corrected chi connectivity index (χ1v) is 3.82. The Balaban J connectivity index is 3.77. The van der Waals surface area contributed by atoms with Crippen molar-refractivity contribution in [3.8, 4) is 0 Å². The van der Waals surface area contributed by atoms with Gasteiger partial charge >= 0.3 is 0 Å². The lowest BCUT2D eigenvalue weighted by Crippen LogP contribution is -2.27. The highest BCUT2D eigenvalue weighted by atomic mass is 16.2. The lowest BCUT2D eigenvalue weighted by Gasteiger charge is -2.03. The van der Waals surface area contributed by atoms with E-state index in [1.165, 1.54) is 0 Å². The molecule has 0 radical (unpaired) electrons. The van der Waals surface area contributed by atoms with Crippen molar-refractivity contribution in [2.24, 2.45) is 5.73 Å². The minimum atomic E-state index is -0.536. The molecule has 0 aliphatic heterocycles. The van der Waals surface area contributed by atoms with Crippen LogP contribution in [0.4, 0.5) is 0 Å². The topological polar surface area (TPSA) is 72.2 Å². The minimum absolute atomic E-state index is 0.0739. The smallest absolute Gasteiger partial charge is 0.247 e. The molecule has 0 aromatic rings. The molecule has 12 heavy (non-hydrogen) atoms. The summed E-state index contributed by atoms with van der Waals surface area (Å²) in [6.45, 7) is 5.97. The van der Waals surface area contributed by atoms with E-state index in [0.29, 0.717) is 6.54 Å². The molecule has 0 aliphatic carbocycles. The lowest BCUT2D eigenvalue weighted by atomic mass is 10.2. The van der Waals surface area contributed by atoms with E-state index in [2.05, 4.69) is 11.9 Å². The molecule has 0 saturated carbocycles. The number of carbonyl (C=O) groups is 2. The molecule has 0 saturated heterocycles. The predicted octanol–water partition coefficient (Wildman–Crippen LogP) is -0.0558. The van der Waals surface area contributed by atoms with Crippen LogP contribution in [0.5, 0.6) is 0 Å². The fraction of sp³-hybridized carbons (Fsp3) is 0.500. The molecule has 0 heterocycles. The van der Waals surface area contributed by atoms with Gasteiger partial charge in [0.05, 0.1) is 6.42 Å². The Morgan fingerprint density at radius 2 is 2.08 bits per heavy atom. The number of nitrogens with two attached hydrogens (primary N) is 1. The maximum Gasteiger partial charge on any atom is 0.247 e. The summed E-state index contributed by atoms with van der Waals surface area (Å²) in [6, 6.07) is 0. The number of primary amides is 1. The second kappa shape index (κ2) is 5.35. The summed E-state index contributed by atoms with van der Waals surface area (Å²) in [5.74, 6) is -0.831. The molecule has 4 heteroatoms.